The molecule has 0 aromatic heterocycles. The Labute approximate surface area is 213 Å². The number of nitrogens with one attached hydrogen (secondary N) is 2. The Morgan fingerprint density at radius 2 is 1.79 bits per heavy atom. The molecule has 2 aromatic rings. The Kier molecular flexibility index (Phi) is 10.0. The van der Waals surface area contributed by atoms with E-state index >= 15 is 0 Å². The molecule has 0 unspecified atom stereocenters. The molecule has 2 aromatic carbocycles. The Bertz CT molecular complexity index is 1220. The third-order valence-electron chi connectivity index (χ3n) is 3.97. The van der Waals surface area contributed by atoms with E-state index in [1.165, 1.54) is 29.3 Å². The van der Waals surface area contributed by atoms with Crippen LogP contribution in [0, 0.1) is 5.41 Å². The number of nitrogens with zero attached hydrogens (tertiary/aromatic N) is 4. The van der Waals surface area contributed by atoms with E-state index in [0.29, 0.717) is 21.2 Å². The van der Waals surface area contributed by atoms with Gasteiger partial charge in [-0.15, -0.1) is 13.9 Å². The summed E-state index contributed by atoms with van der Waals surface area (Å²) in [7, 11) is 0.297. The van der Waals surface area contributed by atoms with Crippen LogP contribution in [0.2, 0.25) is 0 Å². The Hall–Kier alpha value is -2.28. The van der Waals surface area contributed by atoms with Crippen molar-refractivity contribution >= 4 is 73.5 Å². The van der Waals surface area contributed by atoms with Gasteiger partial charge in [-0.25, -0.2) is 18.1 Å². The summed E-state index contributed by atoms with van der Waals surface area (Å²) in [6.07, 6.45) is 0. The van der Waals surface area contributed by atoms with Crippen molar-refractivity contribution in [1.29, 1.82) is 5.41 Å². The molecule has 14 heteroatoms. The average molecular weight is 573 g/mol. The van der Waals surface area contributed by atoms with Crippen LogP contribution in [-0.2, 0) is 42.5 Å². The number of amidine groups is 1. The fourth-order valence-electron chi connectivity index (χ4n) is 2.62. The molecule has 0 radical (unpaired) electrons. The van der Waals surface area contributed by atoms with Gasteiger partial charge in [0, 0.05) is 24.4 Å². The fraction of sp³-hybridized carbons (Fsp3) is 0.105. The van der Waals surface area contributed by atoms with Gasteiger partial charge >= 0.3 is 25.2 Å². The van der Waals surface area contributed by atoms with Crippen molar-refractivity contribution in [3.8, 4) is 0 Å². The van der Waals surface area contributed by atoms with Crippen LogP contribution in [-0.4, -0.2) is 25.9 Å². The van der Waals surface area contributed by atoms with Gasteiger partial charge in [-0.2, -0.15) is 5.10 Å². The van der Waals surface area contributed by atoms with Crippen LogP contribution in [0.1, 0.15) is 13.8 Å². The quantitative estimate of drug-likeness (QED) is 0.226. The number of hydrogen-bond acceptors (Lipinski definition) is 9. The van der Waals surface area contributed by atoms with Gasteiger partial charge in [0.25, 0.3) is 10.0 Å². The van der Waals surface area contributed by atoms with E-state index in [-0.39, 0.29) is 10.7 Å². The van der Waals surface area contributed by atoms with Gasteiger partial charge in [0.1, 0.15) is 0 Å². The second kappa shape index (κ2) is 12.3. The molecule has 2 N–H and O–H groups in total. The second-order valence-corrected chi connectivity index (χ2v) is 9.38. The molecule has 1 aliphatic rings. The number of benzene rings is 2. The van der Waals surface area contributed by atoms with Crippen LogP contribution in [0.3, 0.4) is 0 Å². The number of anilines is 1. The Morgan fingerprint density at radius 1 is 1.18 bits per heavy atom. The maximum atomic E-state index is 11.9. The van der Waals surface area contributed by atoms with Crippen LogP contribution in [0.5, 0.6) is 0 Å². The van der Waals surface area contributed by atoms with Gasteiger partial charge in [-0.05, 0) is 43.3 Å². The number of amides is 1. The molecule has 0 saturated heterocycles. The van der Waals surface area contributed by atoms with Gasteiger partial charge in [-0.3, -0.25) is 10.2 Å². The van der Waals surface area contributed by atoms with E-state index in [1.807, 2.05) is 35.1 Å². The molecule has 1 aliphatic heterocycles. The van der Waals surface area contributed by atoms with E-state index in [9.17, 15) is 13.2 Å². The molecule has 0 saturated carbocycles. The summed E-state index contributed by atoms with van der Waals surface area (Å²) in [4.78, 5) is 10.9. The first-order valence-corrected chi connectivity index (χ1v) is 12.9. The molecule has 0 fully saturated rings. The van der Waals surface area contributed by atoms with Crippen molar-refractivity contribution in [2.75, 3.05) is 5.01 Å². The zero-order chi connectivity index (χ0) is 24.6. The summed E-state index contributed by atoms with van der Waals surface area (Å²) in [5.74, 6) is -0.516. The number of carbonyl (C=O) groups is 1. The van der Waals surface area contributed by atoms with Crippen LogP contribution in [0.25, 0.3) is 0 Å². The molecule has 33 heavy (non-hydrogen) atoms. The molecule has 9 nitrogen and oxygen atoms in total. The van der Waals surface area contributed by atoms with Gasteiger partial charge in [0.05, 0.1) is 22.0 Å². The zero-order valence-electron chi connectivity index (χ0n) is 17.1. The Morgan fingerprint density at radius 3 is 2.36 bits per heavy atom. The molecule has 0 bridgehead atoms. The number of para-hydroxylation sites is 1. The van der Waals surface area contributed by atoms with Crippen molar-refractivity contribution in [3.05, 3.63) is 64.4 Å². The maximum absolute atomic E-state index is 11.9. The first-order valence-electron chi connectivity index (χ1n) is 8.93. The SMILES string of the molecule is CC(=O)NS(=O)(=O)c1ccc(N=NS/C([S-])=C2\C(=N)N(c3ccccc3)N=C2C)cc1.[Cl][Cu+]. The summed E-state index contributed by atoms with van der Waals surface area (Å²) in [6, 6.07) is 14.8. The molecule has 0 spiro atoms. The van der Waals surface area contributed by atoms with Crippen LogP contribution < -0.4 is 9.73 Å². The minimum absolute atomic E-state index is 0.0624. The molecule has 0 aliphatic carbocycles. The number of sulfonamides is 1. The van der Waals surface area contributed by atoms with E-state index < -0.39 is 15.9 Å². The average Bonchev–Trinajstić information content (AvgIpc) is 3.09. The van der Waals surface area contributed by atoms with Crippen molar-refractivity contribution in [3.63, 3.8) is 0 Å². The second-order valence-electron chi connectivity index (χ2n) is 6.27. The van der Waals surface area contributed by atoms with E-state index in [1.54, 1.807) is 6.92 Å². The molecule has 1 heterocycles. The molecule has 1 amide bonds. The third kappa shape index (κ3) is 7.10. The van der Waals surface area contributed by atoms with Gasteiger partial charge in [0.15, 0.2) is 5.84 Å². The number of carbonyl (C=O) groups excluding carboxylic acids is 1. The monoisotopic (exact) mass is 571 g/mol. The fourth-order valence-corrected chi connectivity index (χ4v) is 4.50. The molecule has 3 rings (SSSR count). The Balaban J connectivity index is 0.00000187. The van der Waals surface area contributed by atoms with Gasteiger partial charge in [0.2, 0.25) is 5.91 Å². The standard InChI is InChI=1S/C19H18N6O3S3.ClH.Cu/c1-12-17(18(20)25(22-12)15-6-4-3-5-7-15)19(29)30-24-21-14-8-10-16(11-9-14)31(27,28)23-13(2)26;;/h3-11,20,29H,1-2H3,(H,23,26);1H;/q;;+2/p-2/b19-17-,20-18?,24-21?;;. The number of rotatable bonds is 6. The van der Waals surface area contributed by atoms with Gasteiger partial charge < -0.3 is 12.6 Å². The van der Waals surface area contributed by atoms with Crippen molar-refractivity contribution in [2.24, 2.45) is 14.7 Å². The number of hydrogen-bond donors (Lipinski definition) is 2. The summed E-state index contributed by atoms with van der Waals surface area (Å²) in [6.45, 7) is 2.89. The molecule has 0 atom stereocenters. The van der Waals surface area contributed by atoms with Crippen molar-refractivity contribution < 1.29 is 28.3 Å². The number of hydrazone groups is 1. The van der Waals surface area contributed by atoms with Crippen molar-refractivity contribution in [2.45, 2.75) is 18.7 Å². The molecular formula is C19H17ClCuN6O3S3. The van der Waals surface area contributed by atoms with E-state index in [2.05, 4.69) is 39.9 Å². The number of halogens is 1. The topological polar surface area (TPSA) is 127 Å². The van der Waals surface area contributed by atoms with Crippen LogP contribution >= 0.6 is 22.0 Å². The normalized spacial score (nSPS) is 15.1. The first-order chi connectivity index (χ1) is 15.7. The third-order valence-corrected chi connectivity index (χ3v) is 6.38. The zero-order valence-corrected chi connectivity index (χ0v) is 21.3. The predicted molar refractivity (Wildman–Crippen MR) is 130 cm³/mol. The summed E-state index contributed by atoms with van der Waals surface area (Å²) < 4.78 is 30.1. The van der Waals surface area contributed by atoms with Gasteiger partial charge in [-0.1, -0.05) is 18.2 Å². The predicted octanol–water partition coefficient (Wildman–Crippen LogP) is 4.56. The van der Waals surface area contributed by atoms with Crippen molar-refractivity contribution in [1.82, 2.24) is 4.72 Å². The first kappa shape index (κ1) is 27.0. The minimum atomic E-state index is -3.90. The molecular weight excluding hydrogens is 555 g/mol. The summed E-state index contributed by atoms with van der Waals surface area (Å²) in [5.41, 5.74) is 2.26. The van der Waals surface area contributed by atoms with Crippen LogP contribution in [0.4, 0.5) is 11.4 Å². The summed E-state index contributed by atoms with van der Waals surface area (Å²) in [5, 5.41) is 18.3. The van der Waals surface area contributed by atoms with E-state index in [0.717, 1.165) is 24.6 Å². The summed E-state index contributed by atoms with van der Waals surface area (Å²) >= 11 is 9.98. The molecule has 177 valence electrons. The van der Waals surface area contributed by atoms with Crippen LogP contribution in [0.15, 0.2) is 84.0 Å². The van der Waals surface area contributed by atoms with E-state index in [4.69, 9.17) is 18.0 Å².